The average Bonchev–Trinajstić information content (AvgIpc) is 2.37. The molecule has 0 saturated carbocycles. The zero-order valence-electron chi connectivity index (χ0n) is 11.1. The molecule has 0 unspecified atom stereocenters. The second-order valence-electron chi connectivity index (χ2n) is 4.78. The maximum atomic E-state index is 11.8. The molecule has 0 aromatic heterocycles. The Kier molecular flexibility index (Phi) is 4.94. The van der Waals surface area contributed by atoms with E-state index >= 15 is 0 Å². The summed E-state index contributed by atoms with van der Waals surface area (Å²) < 4.78 is 0. The maximum absolute atomic E-state index is 11.8. The number of aliphatic carboxylic acids is 1. The molecule has 0 heterocycles. The summed E-state index contributed by atoms with van der Waals surface area (Å²) in [6.45, 7) is 3.35. The molecule has 1 rings (SSSR count). The van der Waals surface area contributed by atoms with Gasteiger partial charge in [0, 0.05) is 17.9 Å². The molecule has 0 spiro atoms. The third-order valence-corrected chi connectivity index (χ3v) is 2.80. The van der Waals surface area contributed by atoms with E-state index in [2.05, 4.69) is 5.73 Å². The lowest BCUT2D eigenvalue weighted by Gasteiger charge is -2.06. The molecule has 0 fully saturated rings. The fourth-order valence-corrected chi connectivity index (χ4v) is 1.57. The van der Waals surface area contributed by atoms with Gasteiger partial charge in [0.1, 0.15) is 0 Å². The van der Waals surface area contributed by atoms with Crippen molar-refractivity contribution < 1.29 is 25.2 Å². The smallest absolute Gasteiger partial charge is 0.362 e. The van der Waals surface area contributed by atoms with Crippen LogP contribution in [0, 0.1) is 5.92 Å². The molecule has 102 valence electrons. The van der Waals surface area contributed by atoms with E-state index in [9.17, 15) is 14.4 Å². The van der Waals surface area contributed by atoms with E-state index in [-0.39, 0.29) is 5.92 Å². The van der Waals surface area contributed by atoms with Crippen molar-refractivity contribution in [1.29, 1.82) is 0 Å². The number of carboxylic acid groups (broad SMARTS) is 1. The monoisotopic (exact) mass is 264 g/mol. The number of hydrogen-bond donors (Lipinski definition) is 2. The van der Waals surface area contributed by atoms with Gasteiger partial charge in [-0.2, -0.15) is 0 Å². The first kappa shape index (κ1) is 15.0. The van der Waals surface area contributed by atoms with Crippen molar-refractivity contribution in [3.8, 4) is 0 Å². The lowest BCUT2D eigenvalue weighted by molar-refractivity contribution is -0.407. The highest BCUT2D eigenvalue weighted by atomic mass is 16.4. The second-order valence-corrected chi connectivity index (χ2v) is 4.78. The molecular formula is C14H18NO4+. The molecule has 0 amide bonds. The molecular weight excluding hydrogens is 246 g/mol. The van der Waals surface area contributed by atoms with Crippen LogP contribution in [0.3, 0.4) is 0 Å². The van der Waals surface area contributed by atoms with E-state index in [1.165, 1.54) is 0 Å². The molecule has 0 bridgehead atoms. The Balaban J connectivity index is 2.79. The largest absolute Gasteiger partial charge is 0.477 e. The Hall–Kier alpha value is -2.01. The number of ketones is 2. The summed E-state index contributed by atoms with van der Waals surface area (Å²) in [4.78, 5) is 34.0. The fraction of sp³-hybridized carbons (Fsp3) is 0.357. The first-order chi connectivity index (χ1) is 8.82. The molecule has 1 aromatic carbocycles. The topological polar surface area (TPSA) is 99.1 Å². The Bertz CT molecular complexity index is 491. The number of hydrogen-bond acceptors (Lipinski definition) is 3. The van der Waals surface area contributed by atoms with Gasteiger partial charge in [-0.15, -0.1) is 0 Å². The van der Waals surface area contributed by atoms with Crippen LogP contribution in [-0.4, -0.2) is 28.7 Å². The number of Topliss-reactive ketones (excluding diaryl/α,β-unsaturated/α-hetero) is 2. The van der Waals surface area contributed by atoms with Crippen molar-refractivity contribution in [1.82, 2.24) is 0 Å². The standard InChI is InChI=1S/C14H17NO4/c1-8(2)12(16)13(17)10-5-3-9(4-6-10)7-11(15)14(18)19/h3-6,8,11H,7,15H2,1-2H3,(H,18,19)/p+1/t11-/m0/s1. The van der Waals surface area contributed by atoms with E-state index < -0.39 is 23.6 Å². The highest BCUT2D eigenvalue weighted by Crippen LogP contribution is 2.09. The number of carbonyl (C=O) groups excluding carboxylic acids is 2. The van der Waals surface area contributed by atoms with Crippen LogP contribution in [0.1, 0.15) is 29.8 Å². The van der Waals surface area contributed by atoms with Crippen LogP contribution in [0.25, 0.3) is 0 Å². The van der Waals surface area contributed by atoms with E-state index in [0.717, 1.165) is 5.56 Å². The molecule has 0 aliphatic heterocycles. The molecule has 19 heavy (non-hydrogen) atoms. The summed E-state index contributed by atoms with van der Waals surface area (Å²) in [5.41, 5.74) is 4.63. The van der Waals surface area contributed by atoms with Gasteiger partial charge in [-0.3, -0.25) is 9.59 Å². The Morgan fingerprint density at radius 1 is 1.16 bits per heavy atom. The van der Waals surface area contributed by atoms with Crippen molar-refractivity contribution in [3.05, 3.63) is 35.4 Å². The molecule has 0 saturated heterocycles. The number of rotatable bonds is 6. The molecule has 0 radical (unpaired) electrons. The summed E-state index contributed by atoms with van der Waals surface area (Å²) in [5.74, 6) is -2.22. The van der Waals surface area contributed by atoms with Crippen molar-refractivity contribution in [3.63, 3.8) is 0 Å². The predicted octanol–water partition coefficient (Wildman–Crippen LogP) is 0.332. The molecule has 5 nitrogen and oxygen atoms in total. The molecule has 0 aliphatic carbocycles. The van der Waals surface area contributed by atoms with Gasteiger partial charge in [0.25, 0.3) is 0 Å². The molecule has 4 N–H and O–H groups in total. The fourth-order valence-electron chi connectivity index (χ4n) is 1.57. The third-order valence-electron chi connectivity index (χ3n) is 2.80. The van der Waals surface area contributed by atoms with Gasteiger partial charge in [-0.1, -0.05) is 38.1 Å². The SMILES string of the molecule is CC(C)C(=O)C(=O)c1ccc(C[C@H]([NH3+])C(=O)O)cc1. The van der Waals surface area contributed by atoms with E-state index in [4.69, 9.17) is 5.11 Å². The molecule has 1 aromatic rings. The minimum atomic E-state index is -0.963. The number of benzene rings is 1. The van der Waals surface area contributed by atoms with Crippen LogP contribution in [0.2, 0.25) is 0 Å². The van der Waals surface area contributed by atoms with Gasteiger partial charge in [0.2, 0.25) is 11.6 Å². The maximum Gasteiger partial charge on any atom is 0.362 e. The van der Waals surface area contributed by atoms with Gasteiger partial charge in [0.05, 0.1) is 0 Å². The Labute approximate surface area is 111 Å². The lowest BCUT2D eigenvalue weighted by Crippen LogP contribution is -2.65. The molecule has 1 atom stereocenters. The van der Waals surface area contributed by atoms with Crippen molar-refractivity contribution >= 4 is 17.5 Å². The molecule has 5 heteroatoms. The minimum Gasteiger partial charge on any atom is -0.477 e. The quantitative estimate of drug-likeness (QED) is 0.571. The third kappa shape index (κ3) is 3.99. The summed E-state index contributed by atoms with van der Waals surface area (Å²) in [6.07, 6.45) is 0.294. The van der Waals surface area contributed by atoms with Gasteiger partial charge in [-0.05, 0) is 5.56 Å². The zero-order valence-corrected chi connectivity index (χ0v) is 11.1. The summed E-state index contributed by atoms with van der Waals surface area (Å²) >= 11 is 0. The Morgan fingerprint density at radius 2 is 1.68 bits per heavy atom. The number of carbonyl (C=O) groups is 3. The lowest BCUT2D eigenvalue weighted by atomic mass is 9.97. The highest BCUT2D eigenvalue weighted by molar-refractivity contribution is 6.44. The van der Waals surface area contributed by atoms with Gasteiger partial charge in [-0.25, -0.2) is 4.79 Å². The first-order valence-corrected chi connectivity index (χ1v) is 6.06. The van der Waals surface area contributed by atoms with Crippen LogP contribution in [0.5, 0.6) is 0 Å². The summed E-state index contributed by atoms with van der Waals surface area (Å²) in [5, 5.41) is 8.76. The van der Waals surface area contributed by atoms with Gasteiger partial charge >= 0.3 is 5.97 Å². The summed E-state index contributed by atoms with van der Waals surface area (Å²) in [6, 6.07) is 5.68. The molecule has 0 aliphatic rings. The van der Waals surface area contributed by atoms with Crippen molar-refractivity contribution in [2.75, 3.05) is 0 Å². The Morgan fingerprint density at radius 3 is 2.11 bits per heavy atom. The predicted molar refractivity (Wildman–Crippen MR) is 68.6 cm³/mol. The zero-order chi connectivity index (χ0) is 14.6. The van der Waals surface area contributed by atoms with Crippen molar-refractivity contribution in [2.24, 2.45) is 5.92 Å². The van der Waals surface area contributed by atoms with E-state index in [0.29, 0.717) is 12.0 Å². The van der Waals surface area contributed by atoms with Gasteiger partial charge in [0.15, 0.2) is 6.04 Å². The van der Waals surface area contributed by atoms with E-state index in [1.54, 1.807) is 38.1 Å². The highest BCUT2D eigenvalue weighted by Gasteiger charge is 2.20. The van der Waals surface area contributed by atoms with Crippen LogP contribution in [-0.2, 0) is 16.0 Å². The van der Waals surface area contributed by atoms with Gasteiger partial charge < -0.3 is 10.8 Å². The minimum absolute atomic E-state index is 0.294. The van der Waals surface area contributed by atoms with Crippen LogP contribution >= 0.6 is 0 Å². The van der Waals surface area contributed by atoms with Crippen LogP contribution in [0.4, 0.5) is 0 Å². The van der Waals surface area contributed by atoms with Crippen LogP contribution < -0.4 is 5.73 Å². The van der Waals surface area contributed by atoms with Crippen LogP contribution in [0.15, 0.2) is 24.3 Å². The average molecular weight is 264 g/mol. The number of carboxylic acids is 1. The second kappa shape index (κ2) is 6.24. The normalized spacial score (nSPS) is 12.2. The number of quaternary nitrogens is 1. The summed E-state index contributed by atoms with van der Waals surface area (Å²) in [7, 11) is 0. The van der Waals surface area contributed by atoms with E-state index in [1.807, 2.05) is 0 Å². The van der Waals surface area contributed by atoms with Crippen molar-refractivity contribution in [2.45, 2.75) is 26.3 Å². The first-order valence-electron chi connectivity index (χ1n) is 6.06.